The van der Waals surface area contributed by atoms with Crippen molar-refractivity contribution in [3.63, 3.8) is 0 Å². The second-order valence-corrected chi connectivity index (χ2v) is 24.8. The maximum Gasteiger partial charge on any atom is 0.409 e. The number of hydrogen-bond acceptors (Lipinski definition) is 12. The van der Waals surface area contributed by atoms with E-state index in [4.69, 9.17) is 26.4 Å². The Kier molecular flexibility index (Phi) is 144. The van der Waals surface area contributed by atoms with E-state index in [1.54, 1.807) is 0 Å². The van der Waals surface area contributed by atoms with Gasteiger partial charge < -0.3 is 40.4 Å². The normalized spacial score (nSPS) is 24.7. The highest BCUT2D eigenvalue weighted by molar-refractivity contribution is 5.76. The lowest BCUT2D eigenvalue weighted by Gasteiger charge is -2.25. The van der Waals surface area contributed by atoms with E-state index in [1.807, 2.05) is 171 Å². The number of likely N-dealkylation sites (tertiary alicyclic amines) is 1. The molecule has 3 saturated heterocycles. The molecule has 0 spiro atoms. The highest BCUT2D eigenvalue weighted by Gasteiger charge is 2.44. The minimum absolute atomic E-state index is 0. The molecule has 19 nitrogen and oxygen atoms in total. The second kappa shape index (κ2) is 113. The molecule has 0 aromatic rings. The van der Waals surface area contributed by atoms with Gasteiger partial charge in [0.1, 0.15) is 12.6 Å². The fourth-order valence-electron chi connectivity index (χ4n) is 15.1. The number of azide groups is 3. The smallest absolute Gasteiger partial charge is 0.409 e. The van der Waals surface area contributed by atoms with Crippen LogP contribution in [0.2, 0.25) is 0 Å². The summed E-state index contributed by atoms with van der Waals surface area (Å²) in [5.74, 6) is 4.14. The largest absolute Gasteiger partial charge is 0.453 e. The highest BCUT2D eigenvalue weighted by atomic mass is 16.5. The SMILES string of the molecule is C=C(C=O)[C@@H]1CCCCC[C@H]1N=[N+]=[N-].C=C1CN[C@@H]2CCCCC[C@@H]12.CC.CC.CC.CC.CC.CC.CC.CC.CC.CC.CC.CC.CCC1CN[C@@H]2CCCCC[C@@H]12.COC(=O)N1CC(CO)[C@@H]2CCCCC[C@H]21.[B].[B].[B].[B].[B].[B].[N-]=[N+]=N[C@@H]1CCCCC[C@H]1CC(O)CO.[N-]=[N+]=N[C@@H]1CCCCC[C@H]1CC=O. The molecular formula is C86H180B6N12O7. The summed E-state index contributed by atoms with van der Waals surface area (Å²) in [4.78, 5) is 43.1. The van der Waals surface area contributed by atoms with Crippen LogP contribution in [0.4, 0.5) is 4.79 Å². The van der Waals surface area contributed by atoms with Crippen LogP contribution in [0.5, 0.6) is 0 Å². The molecule has 644 valence electrons. The first-order valence-electron chi connectivity index (χ1n) is 44.1. The summed E-state index contributed by atoms with van der Waals surface area (Å²) in [6.07, 6.45) is 39.4. The number of methoxy groups -OCH3 is 1. The van der Waals surface area contributed by atoms with Gasteiger partial charge in [0.25, 0.3) is 0 Å². The molecule has 9 rings (SSSR count). The number of aldehydes is 2. The maximum absolute atomic E-state index is 11.7. The third-order valence-electron chi connectivity index (χ3n) is 19.7. The number of nitrogens with zero attached hydrogens (tertiary/aromatic N) is 10. The van der Waals surface area contributed by atoms with Crippen molar-refractivity contribution in [3.8, 4) is 0 Å². The number of hydrogen-bond donors (Lipinski definition) is 5. The Morgan fingerprint density at radius 2 is 0.883 bits per heavy atom. The summed E-state index contributed by atoms with van der Waals surface area (Å²) in [7, 11) is 1.43. The fraction of sp³-hybridized carbons (Fsp3) is 0.919. The third-order valence-corrected chi connectivity index (χ3v) is 19.7. The van der Waals surface area contributed by atoms with Gasteiger partial charge in [0.2, 0.25) is 0 Å². The molecule has 0 aromatic heterocycles. The molecule has 3 unspecified atom stereocenters. The number of carbonyl (C=O) groups is 3. The van der Waals surface area contributed by atoms with Crippen LogP contribution in [0.15, 0.2) is 39.6 Å². The molecule has 18 radical (unpaired) electrons. The summed E-state index contributed by atoms with van der Waals surface area (Å²) in [6, 6.07) is 1.95. The number of aliphatic hydroxyl groups is 3. The average Bonchev–Trinajstić information content (AvgIpc) is 1.66. The van der Waals surface area contributed by atoms with Crippen molar-refractivity contribution in [3.05, 3.63) is 55.6 Å². The molecular weight excluding hydrogens is 1380 g/mol. The molecule has 111 heavy (non-hydrogen) atoms. The van der Waals surface area contributed by atoms with E-state index in [1.165, 1.54) is 122 Å². The third kappa shape index (κ3) is 66.0. The van der Waals surface area contributed by atoms with Gasteiger partial charge in [-0.2, -0.15) is 0 Å². The van der Waals surface area contributed by atoms with Crippen molar-refractivity contribution >= 4 is 69.1 Å². The van der Waals surface area contributed by atoms with E-state index in [2.05, 4.69) is 60.8 Å². The zero-order valence-corrected chi connectivity index (χ0v) is 77.5. The first-order valence-corrected chi connectivity index (χ1v) is 44.1. The van der Waals surface area contributed by atoms with Gasteiger partial charge in [-0.05, 0) is 154 Å². The van der Waals surface area contributed by atoms with Crippen molar-refractivity contribution in [2.45, 2.75) is 427 Å². The van der Waals surface area contributed by atoms with E-state index in [0.717, 1.165) is 145 Å². The molecule has 6 aliphatic carbocycles. The predicted molar refractivity (Wildman–Crippen MR) is 493 cm³/mol. The Balaban J connectivity index is -0.0000000719. The quantitative estimate of drug-likeness (QED) is 0.0181. The number of amides is 1. The van der Waals surface area contributed by atoms with Crippen LogP contribution in [-0.2, 0) is 14.3 Å². The van der Waals surface area contributed by atoms with Crippen molar-refractivity contribution in [2.75, 3.05) is 40.0 Å². The molecule has 5 N–H and O–H groups in total. The van der Waals surface area contributed by atoms with E-state index in [9.17, 15) is 24.6 Å². The number of carbonyl (C=O) groups excluding carboxylic acids is 3. The standard InChI is InChI=1S/C12H21NO3.C11H21N.C10H19N3O2.C10H15N3O.C10H17N.C9H15N3O.12C2H6.6B/c1-16-12(15)13-7-9(8-14)10-5-3-2-4-6-11(10)13;1-2-9-8-12-11-7-5-3-4-6-10(9)11;11-13-12-10-5-3-1-2-4-8(10)6-9(15)7-14;1-8(7-14)9-5-3-2-4-6-10(9)12-13-11;1-8-7-11-10-6-4-2-3-5-9(8)10;10-12-11-9-5-3-1-2-4-8(9)6-7-13;12*1-2;;;;;;/h9-11,14H,2-8H2,1H3;9-12H,2-8H2,1H3;8-10,14-15H,1-7H2;7,9-10H,1-6H2;9-11H,1-7H2;7-9H,1-6H2;12*1-2H3;;;;;;/t2*9?,10-,11+;8-,9?,10+;2*9-,10+;8-,9+;;;;;;;;;;;;;;;;;;/m000000................../s1. The molecule has 3 heterocycles. The van der Waals surface area contributed by atoms with Crippen LogP contribution >= 0.6 is 0 Å². The zero-order valence-electron chi connectivity index (χ0n) is 77.5. The first-order chi connectivity index (χ1) is 51.5. The molecule has 9 fully saturated rings. The van der Waals surface area contributed by atoms with Gasteiger partial charge in [-0.1, -0.05) is 329 Å². The van der Waals surface area contributed by atoms with Crippen LogP contribution in [0, 0.1) is 47.3 Å². The van der Waals surface area contributed by atoms with Crippen LogP contribution in [0.25, 0.3) is 31.3 Å². The Morgan fingerprint density at radius 1 is 0.505 bits per heavy atom. The molecule has 6 saturated carbocycles. The summed E-state index contributed by atoms with van der Waals surface area (Å²) in [6.45, 7) is 61.2. The Labute approximate surface area is 701 Å². The van der Waals surface area contributed by atoms with Crippen LogP contribution < -0.4 is 10.6 Å². The monoisotopic (exact) mass is 1560 g/mol. The van der Waals surface area contributed by atoms with Gasteiger partial charge in [-0.15, -0.1) is 0 Å². The summed E-state index contributed by atoms with van der Waals surface area (Å²) in [5, 5.41) is 46.2. The van der Waals surface area contributed by atoms with E-state index in [-0.39, 0.29) is 112 Å². The predicted octanol–water partition coefficient (Wildman–Crippen LogP) is 24.1. The van der Waals surface area contributed by atoms with Gasteiger partial charge >= 0.3 is 6.09 Å². The minimum atomic E-state index is -0.676. The van der Waals surface area contributed by atoms with Crippen molar-refractivity contribution < 1.29 is 34.4 Å². The van der Waals surface area contributed by atoms with E-state index in [0.29, 0.717) is 36.9 Å². The molecule has 3 aliphatic heterocycles. The highest BCUT2D eigenvalue weighted by Crippen LogP contribution is 2.40. The number of fused-ring (bicyclic) bond motifs is 3. The number of aliphatic hydroxyl groups excluding tert-OH is 3. The first kappa shape index (κ1) is 142. The van der Waals surface area contributed by atoms with Gasteiger partial charge in [-0.3, -0.25) is 4.79 Å². The molecule has 9 aliphatic rings. The Hall–Kier alpha value is -3.79. The number of ether oxygens (including phenoxy) is 1. The van der Waals surface area contributed by atoms with E-state index >= 15 is 0 Å². The molecule has 25 heteroatoms. The maximum atomic E-state index is 11.7. The van der Waals surface area contributed by atoms with Gasteiger partial charge in [0, 0.05) is 133 Å². The van der Waals surface area contributed by atoms with Gasteiger partial charge in [-0.25, -0.2) is 4.79 Å². The average molecular weight is 1560 g/mol. The summed E-state index contributed by atoms with van der Waals surface area (Å²) < 4.78 is 4.82. The second-order valence-electron chi connectivity index (χ2n) is 24.8. The minimum Gasteiger partial charge on any atom is -0.453 e. The lowest BCUT2D eigenvalue weighted by atomic mass is 9.85. The lowest BCUT2D eigenvalue weighted by molar-refractivity contribution is -0.109. The van der Waals surface area contributed by atoms with Gasteiger partial charge in [0.15, 0.2) is 0 Å². The van der Waals surface area contributed by atoms with Crippen molar-refractivity contribution in [1.82, 2.24) is 15.5 Å². The zero-order chi connectivity index (χ0) is 82.6. The van der Waals surface area contributed by atoms with Gasteiger partial charge in [0.05, 0.1) is 19.8 Å². The van der Waals surface area contributed by atoms with Crippen LogP contribution in [0.3, 0.4) is 0 Å². The molecule has 1 amide bonds. The summed E-state index contributed by atoms with van der Waals surface area (Å²) >= 11 is 0. The van der Waals surface area contributed by atoms with Crippen molar-refractivity contribution in [1.29, 1.82) is 0 Å². The molecule has 0 bridgehead atoms. The number of rotatable bonds is 12. The Bertz CT molecular complexity index is 2020. The van der Waals surface area contributed by atoms with E-state index < -0.39 is 6.10 Å². The Morgan fingerprint density at radius 3 is 1.31 bits per heavy atom. The summed E-state index contributed by atoms with van der Waals surface area (Å²) in [5.41, 5.74) is 27.3. The van der Waals surface area contributed by atoms with Crippen LogP contribution in [-0.4, -0.2) is 172 Å². The topological polar surface area (TPSA) is 295 Å². The fourth-order valence-corrected chi connectivity index (χ4v) is 15.1. The molecule has 0 aromatic carbocycles. The lowest BCUT2D eigenvalue weighted by Crippen LogP contribution is -2.37. The number of nitrogens with one attached hydrogen (secondary N) is 2. The van der Waals surface area contributed by atoms with Crippen molar-refractivity contribution in [2.24, 2.45) is 62.7 Å². The molecule has 15 atom stereocenters. The van der Waals surface area contributed by atoms with Crippen LogP contribution in [0.1, 0.15) is 385 Å².